The summed E-state index contributed by atoms with van der Waals surface area (Å²) in [6.07, 6.45) is 0. The second-order valence-corrected chi connectivity index (χ2v) is 8.52. The number of nitrogens with zero attached hydrogens (tertiary/aromatic N) is 3. The first-order valence-electron chi connectivity index (χ1n) is 7.47. The number of aromatic nitrogens is 2. The number of benzene rings is 1. The van der Waals surface area contributed by atoms with Crippen LogP contribution in [-0.2, 0) is 10.0 Å². The van der Waals surface area contributed by atoms with Crippen LogP contribution in [0.25, 0.3) is 11.4 Å². The van der Waals surface area contributed by atoms with E-state index >= 15 is 0 Å². The lowest BCUT2D eigenvalue weighted by molar-refractivity contribution is 0.217. The van der Waals surface area contributed by atoms with Gasteiger partial charge in [-0.05, 0) is 30.5 Å². The summed E-state index contributed by atoms with van der Waals surface area (Å²) in [6, 6.07) is 8.80. The third-order valence-electron chi connectivity index (χ3n) is 4.08. The SMILES string of the molecule is Cc1ccc(S(=O)(=O)N2CC(c3nc(-c4ccsc4)no3)C2)cc1. The van der Waals surface area contributed by atoms with Gasteiger partial charge in [0.05, 0.1) is 10.8 Å². The molecule has 4 rings (SSSR count). The van der Waals surface area contributed by atoms with Crippen molar-refractivity contribution in [3.63, 3.8) is 0 Å². The fourth-order valence-corrected chi connectivity index (χ4v) is 4.72. The topological polar surface area (TPSA) is 76.3 Å². The lowest BCUT2D eigenvalue weighted by Crippen LogP contribution is -2.48. The molecular formula is C16H15N3O3S2. The Morgan fingerprint density at radius 2 is 1.96 bits per heavy atom. The minimum Gasteiger partial charge on any atom is -0.339 e. The molecule has 0 amide bonds. The van der Waals surface area contributed by atoms with Crippen molar-refractivity contribution < 1.29 is 12.9 Å². The van der Waals surface area contributed by atoms with Gasteiger partial charge in [0.25, 0.3) is 0 Å². The van der Waals surface area contributed by atoms with Crippen LogP contribution < -0.4 is 0 Å². The van der Waals surface area contributed by atoms with Crippen molar-refractivity contribution >= 4 is 21.4 Å². The standard InChI is InChI=1S/C16H15N3O3S2/c1-11-2-4-14(5-3-11)24(20,21)19-8-13(9-19)16-17-15(18-22-16)12-6-7-23-10-12/h2-7,10,13H,8-9H2,1H3. The normalized spacial score (nSPS) is 16.2. The van der Waals surface area contributed by atoms with E-state index in [-0.39, 0.29) is 5.92 Å². The molecule has 0 unspecified atom stereocenters. The Labute approximate surface area is 143 Å². The van der Waals surface area contributed by atoms with E-state index in [0.29, 0.717) is 29.7 Å². The van der Waals surface area contributed by atoms with Crippen LogP contribution in [0.4, 0.5) is 0 Å². The monoisotopic (exact) mass is 361 g/mol. The number of hydrogen-bond donors (Lipinski definition) is 0. The quantitative estimate of drug-likeness (QED) is 0.714. The molecule has 0 spiro atoms. The van der Waals surface area contributed by atoms with E-state index in [1.54, 1.807) is 35.6 Å². The molecule has 2 aromatic heterocycles. The highest BCUT2D eigenvalue weighted by molar-refractivity contribution is 7.89. The zero-order chi connectivity index (χ0) is 16.7. The van der Waals surface area contributed by atoms with Crippen molar-refractivity contribution in [3.8, 4) is 11.4 Å². The molecule has 1 fully saturated rings. The van der Waals surface area contributed by atoms with Crippen molar-refractivity contribution in [1.29, 1.82) is 0 Å². The van der Waals surface area contributed by atoms with E-state index < -0.39 is 10.0 Å². The van der Waals surface area contributed by atoms with Gasteiger partial charge in [-0.15, -0.1) is 0 Å². The highest BCUT2D eigenvalue weighted by Crippen LogP contribution is 2.32. The van der Waals surface area contributed by atoms with Gasteiger partial charge in [0, 0.05) is 24.0 Å². The summed E-state index contributed by atoms with van der Waals surface area (Å²) >= 11 is 1.56. The van der Waals surface area contributed by atoms with Crippen LogP contribution in [0.15, 0.2) is 50.5 Å². The fourth-order valence-electron chi connectivity index (χ4n) is 2.56. The van der Waals surface area contributed by atoms with E-state index in [2.05, 4.69) is 10.1 Å². The first-order valence-corrected chi connectivity index (χ1v) is 9.85. The minimum atomic E-state index is -3.45. The van der Waals surface area contributed by atoms with E-state index in [9.17, 15) is 8.42 Å². The van der Waals surface area contributed by atoms with Gasteiger partial charge in [-0.3, -0.25) is 0 Å². The Bertz CT molecular complexity index is 941. The molecule has 8 heteroatoms. The van der Waals surface area contributed by atoms with Gasteiger partial charge in [-0.1, -0.05) is 22.9 Å². The molecule has 24 heavy (non-hydrogen) atoms. The molecule has 1 aromatic carbocycles. The Morgan fingerprint density at radius 1 is 1.21 bits per heavy atom. The molecule has 0 aliphatic carbocycles. The molecule has 0 saturated carbocycles. The average molecular weight is 361 g/mol. The maximum absolute atomic E-state index is 12.6. The molecule has 6 nitrogen and oxygen atoms in total. The highest BCUT2D eigenvalue weighted by atomic mass is 32.2. The molecule has 124 valence electrons. The molecule has 0 radical (unpaired) electrons. The number of rotatable bonds is 4. The summed E-state index contributed by atoms with van der Waals surface area (Å²) in [5.41, 5.74) is 1.95. The van der Waals surface area contributed by atoms with E-state index in [4.69, 9.17) is 4.52 Å². The van der Waals surface area contributed by atoms with E-state index in [1.807, 2.05) is 23.8 Å². The van der Waals surface area contributed by atoms with Crippen molar-refractivity contribution in [3.05, 3.63) is 52.5 Å². The second kappa shape index (κ2) is 5.80. The van der Waals surface area contributed by atoms with E-state index in [1.165, 1.54) is 4.31 Å². The van der Waals surface area contributed by atoms with E-state index in [0.717, 1.165) is 11.1 Å². The highest BCUT2D eigenvalue weighted by Gasteiger charge is 2.40. The second-order valence-electron chi connectivity index (χ2n) is 5.80. The third-order valence-corrected chi connectivity index (χ3v) is 6.61. The molecular weight excluding hydrogens is 346 g/mol. The molecule has 0 bridgehead atoms. The summed E-state index contributed by atoms with van der Waals surface area (Å²) in [5, 5.41) is 7.87. The summed E-state index contributed by atoms with van der Waals surface area (Å²) in [4.78, 5) is 4.70. The Balaban J connectivity index is 1.47. The maximum atomic E-state index is 12.6. The zero-order valence-corrected chi connectivity index (χ0v) is 14.5. The summed E-state index contributed by atoms with van der Waals surface area (Å²) in [6.45, 7) is 2.65. The predicted octanol–water partition coefficient (Wildman–Crippen LogP) is 2.89. The van der Waals surface area contributed by atoms with Crippen LogP contribution in [0.2, 0.25) is 0 Å². The van der Waals surface area contributed by atoms with Crippen LogP contribution in [0, 0.1) is 6.92 Å². The largest absolute Gasteiger partial charge is 0.339 e. The van der Waals surface area contributed by atoms with Crippen molar-refractivity contribution in [2.75, 3.05) is 13.1 Å². The number of thiophene rings is 1. The van der Waals surface area contributed by atoms with Crippen molar-refractivity contribution in [2.45, 2.75) is 17.7 Å². The lowest BCUT2D eigenvalue weighted by Gasteiger charge is -2.35. The Hall–Kier alpha value is -2.03. The number of aryl methyl sites for hydroxylation is 1. The number of hydrogen-bond acceptors (Lipinski definition) is 6. The smallest absolute Gasteiger partial charge is 0.243 e. The van der Waals surface area contributed by atoms with Crippen LogP contribution >= 0.6 is 11.3 Å². The van der Waals surface area contributed by atoms with Gasteiger partial charge >= 0.3 is 0 Å². The molecule has 1 saturated heterocycles. The average Bonchev–Trinajstić information content (AvgIpc) is 3.16. The van der Waals surface area contributed by atoms with Crippen molar-refractivity contribution in [1.82, 2.24) is 14.4 Å². The van der Waals surface area contributed by atoms with Gasteiger partial charge in [0.1, 0.15) is 0 Å². The molecule has 1 aliphatic heterocycles. The number of sulfonamides is 1. The first-order chi connectivity index (χ1) is 11.5. The van der Waals surface area contributed by atoms with Gasteiger partial charge in [0.15, 0.2) is 0 Å². The summed E-state index contributed by atoms with van der Waals surface area (Å²) in [5.74, 6) is 0.989. The summed E-state index contributed by atoms with van der Waals surface area (Å²) < 4.78 is 31.8. The van der Waals surface area contributed by atoms with Crippen molar-refractivity contribution in [2.24, 2.45) is 0 Å². The molecule has 0 atom stereocenters. The van der Waals surface area contributed by atoms with Crippen LogP contribution in [-0.4, -0.2) is 36.0 Å². The van der Waals surface area contributed by atoms with Gasteiger partial charge in [-0.2, -0.15) is 20.6 Å². The minimum absolute atomic E-state index is 0.0508. The molecule has 3 aromatic rings. The lowest BCUT2D eigenvalue weighted by atomic mass is 10.0. The summed E-state index contributed by atoms with van der Waals surface area (Å²) in [7, 11) is -3.45. The van der Waals surface area contributed by atoms with Gasteiger partial charge in [-0.25, -0.2) is 8.42 Å². The Morgan fingerprint density at radius 3 is 2.62 bits per heavy atom. The molecule has 1 aliphatic rings. The maximum Gasteiger partial charge on any atom is 0.243 e. The first kappa shape index (κ1) is 15.5. The predicted molar refractivity (Wildman–Crippen MR) is 90.3 cm³/mol. The molecule has 0 N–H and O–H groups in total. The van der Waals surface area contributed by atoms with Crippen LogP contribution in [0.1, 0.15) is 17.4 Å². The third kappa shape index (κ3) is 2.66. The van der Waals surface area contributed by atoms with Crippen LogP contribution in [0.3, 0.4) is 0 Å². The van der Waals surface area contributed by atoms with Crippen LogP contribution in [0.5, 0.6) is 0 Å². The van der Waals surface area contributed by atoms with Gasteiger partial charge in [0.2, 0.25) is 21.7 Å². The molecule has 3 heterocycles. The van der Waals surface area contributed by atoms with Gasteiger partial charge < -0.3 is 4.52 Å². The Kier molecular flexibility index (Phi) is 3.75. The fraction of sp³-hybridized carbons (Fsp3) is 0.250. The zero-order valence-electron chi connectivity index (χ0n) is 12.9.